The topological polar surface area (TPSA) is 110 Å². The first kappa shape index (κ1) is 17.8. The van der Waals surface area contributed by atoms with E-state index in [9.17, 15) is 23.6 Å². The van der Waals surface area contributed by atoms with Gasteiger partial charge in [-0.3, -0.25) is 10.1 Å². The van der Waals surface area contributed by atoms with Crippen LogP contribution < -0.4 is 4.72 Å². The zero-order valence-corrected chi connectivity index (χ0v) is 13.2. The number of hydrogen-bond acceptors (Lipinski definition) is 5. The third-order valence-corrected chi connectivity index (χ3v) is 5.21. The summed E-state index contributed by atoms with van der Waals surface area (Å²) in [7, 11) is -4.05. The van der Waals surface area contributed by atoms with Crippen LogP contribution in [-0.4, -0.2) is 30.6 Å². The molecule has 0 aromatic heterocycles. The first-order valence-corrected chi connectivity index (χ1v) is 8.17. The summed E-state index contributed by atoms with van der Waals surface area (Å²) < 4.78 is 26.6. The van der Waals surface area contributed by atoms with Crippen molar-refractivity contribution in [2.75, 3.05) is 6.54 Å². The summed E-state index contributed by atoms with van der Waals surface area (Å²) in [6.07, 6.45) is 0.739. The average Bonchev–Trinajstić information content (AvgIpc) is 2.45. The molecule has 0 radical (unpaired) electrons. The first-order valence-electron chi connectivity index (χ1n) is 6.31. The highest BCUT2D eigenvalue weighted by atomic mass is 35.5. The van der Waals surface area contributed by atoms with Crippen molar-refractivity contribution < 1.29 is 18.4 Å². The first-order chi connectivity index (χ1) is 9.65. The van der Waals surface area contributed by atoms with Crippen molar-refractivity contribution in [2.24, 2.45) is 0 Å². The quantitative estimate of drug-likeness (QED) is 0.585. The molecule has 1 aromatic rings. The van der Waals surface area contributed by atoms with Crippen molar-refractivity contribution >= 4 is 27.3 Å². The molecule has 0 aliphatic heterocycles. The van der Waals surface area contributed by atoms with Crippen LogP contribution in [0.3, 0.4) is 0 Å². The van der Waals surface area contributed by atoms with Gasteiger partial charge in [0.25, 0.3) is 5.69 Å². The fraction of sp³-hybridized carbons (Fsp3) is 0.500. The van der Waals surface area contributed by atoms with Gasteiger partial charge in [-0.15, -0.1) is 0 Å². The molecule has 0 spiro atoms. The predicted molar refractivity (Wildman–Crippen MR) is 78.8 cm³/mol. The van der Waals surface area contributed by atoms with Crippen molar-refractivity contribution in [2.45, 2.75) is 37.2 Å². The van der Waals surface area contributed by atoms with Crippen molar-refractivity contribution in [1.82, 2.24) is 4.72 Å². The normalized spacial score (nSPS) is 12.4. The third kappa shape index (κ3) is 4.37. The van der Waals surface area contributed by atoms with Crippen molar-refractivity contribution in [3.63, 3.8) is 0 Å². The summed E-state index contributed by atoms with van der Waals surface area (Å²) in [5, 5.41) is 20.7. The smallest absolute Gasteiger partial charge is 0.270 e. The Bertz CT molecular complexity index is 629. The maximum absolute atomic E-state index is 12.2. The van der Waals surface area contributed by atoms with Gasteiger partial charge in [0, 0.05) is 18.7 Å². The number of sulfonamides is 1. The lowest BCUT2D eigenvalue weighted by Gasteiger charge is -2.25. The Morgan fingerprint density at radius 2 is 1.95 bits per heavy atom. The Morgan fingerprint density at radius 1 is 1.38 bits per heavy atom. The van der Waals surface area contributed by atoms with Gasteiger partial charge in [-0.1, -0.05) is 25.4 Å². The van der Waals surface area contributed by atoms with Gasteiger partial charge in [0.2, 0.25) is 10.0 Å². The predicted octanol–water partition coefficient (Wildman–Crippen LogP) is 2.08. The van der Waals surface area contributed by atoms with E-state index in [4.69, 9.17) is 11.6 Å². The second-order valence-electron chi connectivity index (χ2n) is 4.63. The van der Waals surface area contributed by atoms with Crippen molar-refractivity contribution in [3.05, 3.63) is 33.3 Å². The second-order valence-corrected chi connectivity index (χ2v) is 6.77. The third-order valence-electron chi connectivity index (χ3n) is 3.32. The summed E-state index contributed by atoms with van der Waals surface area (Å²) in [5.41, 5.74) is -1.54. The molecule has 1 aromatic carbocycles. The van der Waals surface area contributed by atoms with E-state index in [0.29, 0.717) is 12.8 Å². The highest BCUT2D eigenvalue weighted by molar-refractivity contribution is 7.89. The van der Waals surface area contributed by atoms with Crippen molar-refractivity contribution in [3.8, 4) is 0 Å². The van der Waals surface area contributed by atoms with Crippen LogP contribution in [0.25, 0.3) is 0 Å². The molecule has 0 aliphatic rings. The highest BCUT2D eigenvalue weighted by Crippen LogP contribution is 2.26. The summed E-state index contributed by atoms with van der Waals surface area (Å²) in [5.74, 6) is 0. The molecule has 0 unspecified atom stereocenters. The molecule has 0 aliphatic carbocycles. The summed E-state index contributed by atoms with van der Waals surface area (Å²) in [6, 6.07) is 3.16. The number of nitrogens with one attached hydrogen (secondary N) is 1. The number of halogens is 1. The van der Waals surface area contributed by atoms with E-state index >= 15 is 0 Å². The SMILES string of the molecule is CCC(O)(CC)CNS(=O)(=O)c1cc([N+](=O)[O-])ccc1Cl. The van der Waals surface area contributed by atoms with E-state index in [2.05, 4.69) is 4.72 Å². The lowest BCUT2D eigenvalue weighted by Crippen LogP contribution is -2.42. The molecule has 1 rings (SSSR count). The van der Waals surface area contributed by atoms with Gasteiger partial charge in [0.05, 0.1) is 15.5 Å². The molecule has 0 fully saturated rings. The molecule has 9 heteroatoms. The number of non-ortho nitro benzene ring substituents is 1. The second kappa shape index (κ2) is 6.69. The monoisotopic (exact) mass is 336 g/mol. The Morgan fingerprint density at radius 3 is 2.43 bits per heavy atom. The van der Waals surface area contributed by atoms with Crippen LogP contribution in [0.15, 0.2) is 23.1 Å². The number of hydrogen-bond donors (Lipinski definition) is 2. The van der Waals surface area contributed by atoms with E-state index in [1.54, 1.807) is 13.8 Å². The fourth-order valence-electron chi connectivity index (χ4n) is 1.62. The molecule has 0 heterocycles. The lowest BCUT2D eigenvalue weighted by atomic mass is 9.98. The van der Waals surface area contributed by atoms with Gasteiger partial charge in [0.15, 0.2) is 0 Å². The van der Waals surface area contributed by atoms with Crippen LogP contribution in [0.1, 0.15) is 26.7 Å². The molecule has 2 N–H and O–H groups in total. The van der Waals surface area contributed by atoms with Gasteiger partial charge in [-0.05, 0) is 18.9 Å². The summed E-state index contributed by atoms with van der Waals surface area (Å²) in [6.45, 7) is 3.28. The standard InChI is InChI=1S/C12H17ClN2O5S/c1-3-12(16,4-2)8-14-21(19,20)11-7-9(15(17)18)5-6-10(11)13/h5-7,14,16H,3-4,8H2,1-2H3. The maximum atomic E-state index is 12.2. The van der Waals surface area contributed by atoms with Crippen LogP contribution in [0, 0.1) is 10.1 Å². The van der Waals surface area contributed by atoms with Crippen LogP contribution in [0.5, 0.6) is 0 Å². The average molecular weight is 337 g/mol. The Labute approximate surface area is 128 Å². The molecule has 0 saturated carbocycles. The van der Waals surface area contributed by atoms with Crippen LogP contribution in [-0.2, 0) is 10.0 Å². The van der Waals surface area contributed by atoms with Gasteiger partial charge in [-0.2, -0.15) is 0 Å². The highest BCUT2D eigenvalue weighted by Gasteiger charge is 2.27. The molecule has 0 saturated heterocycles. The van der Waals surface area contributed by atoms with Gasteiger partial charge in [-0.25, -0.2) is 13.1 Å². The minimum absolute atomic E-state index is 0.121. The molecule has 21 heavy (non-hydrogen) atoms. The minimum Gasteiger partial charge on any atom is -0.389 e. The van der Waals surface area contributed by atoms with Crippen LogP contribution in [0.2, 0.25) is 5.02 Å². The molecular formula is C12H17ClN2O5S. The number of aliphatic hydroxyl groups is 1. The minimum atomic E-state index is -4.05. The number of nitro groups is 1. The van der Waals surface area contributed by atoms with Crippen LogP contribution >= 0.6 is 11.6 Å². The molecule has 0 atom stereocenters. The van der Waals surface area contributed by atoms with E-state index in [-0.39, 0.29) is 22.2 Å². The van der Waals surface area contributed by atoms with Gasteiger partial charge >= 0.3 is 0 Å². The summed E-state index contributed by atoms with van der Waals surface area (Å²) >= 11 is 5.80. The number of benzene rings is 1. The Kier molecular flexibility index (Phi) is 5.68. The van der Waals surface area contributed by atoms with Crippen molar-refractivity contribution in [1.29, 1.82) is 0 Å². The number of rotatable bonds is 7. The number of nitro benzene ring substituents is 1. The molecule has 0 amide bonds. The molecule has 118 valence electrons. The molecular weight excluding hydrogens is 320 g/mol. The Hall–Kier alpha value is -1.22. The zero-order valence-electron chi connectivity index (χ0n) is 11.7. The largest absolute Gasteiger partial charge is 0.389 e. The van der Waals surface area contributed by atoms with Gasteiger partial charge < -0.3 is 5.11 Å². The van der Waals surface area contributed by atoms with Crippen LogP contribution in [0.4, 0.5) is 5.69 Å². The van der Waals surface area contributed by atoms with E-state index < -0.39 is 20.5 Å². The van der Waals surface area contributed by atoms with E-state index in [1.807, 2.05) is 0 Å². The van der Waals surface area contributed by atoms with E-state index in [0.717, 1.165) is 18.2 Å². The van der Waals surface area contributed by atoms with E-state index in [1.165, 1.54) is 0 Å². The fourth-order valence-corrected chi connectivity index (χ4v) is 3.26. The van der Waals surface area contributed by atoms with Gasteiger partial charge in [0.1, 0.15) is 4.90 Å². The molecule has 0 bridgehead atoms. The zero-order chi connectivity index (χ0) is 16.3. The lowest BCUT2D eigenvalue weighted by molar-refractivity contribution is -0.385. The Balaban J connectivity index is 3.08. The maximum Gasteiger partial charge on any atom is 0.270 e. The number of nitrogens with zero attached hydrogens (tertiary/aromatic N) is 1. The molecule has 7 nitrogen and oxygen atoms in total. The summed E-state index contributed by atoms with van der Waals surface area (Å²) in [4.78, 5) is 9.62.